The van der Waals surface area contributed by atoms with E-state index >= 15 is 0 Å². The van der Waals surface area contributed by atoms with Gasteiger partial charge in [0.15, 0.2) is 0 Å². The van der Waals surface area contributed by atoms with Crippen molar-refractivity contribution in [2.24, 2.45) is 11.8 Å². The number of aliphatic hydroxyl groups excluding tert-OH is 1. The summed E-state index contributed by atoms with van der Waals surface area (Å²) in [6.45, 7) is 3.75. The van der Waals surface area contributed by atoms with E-state index in [0.29, 0.717) is 12.8 Å². The Morgan fingerprint density at radius 2 is 1.75 bits per heavy atom. The van der Waals surface area contributed by atoms with Crippen LogP contribution in [-0.4, -0.2) is 35.4 Å². The van der Waals surface area contributed by atoms with Crippen molar-refractivity contribution >= 4 is 11.9 Å². The third kappa shape index (κ3) is 8.15. The molecular formula is C15H28O5. The fourth-order valence-electron chi connectivity index (χ4n) is 2.07. The number of ether oxygens (including phenoxy) is 1. The van der Waals surface area contributed by atoms with Gasteiger partial charge in [0.05, 0.1) is 12.5 Å². The first-order valence-electron chi connectivity index (χ1n) is 7.56. The van der Waals surface area contributed by atoms with Crippen molar-refractivity contribution in [3.63, 3.8) is 0 Å². The lowest BCUT2D eigenvalue weighted by atomic mass is 9.89. The molecule has 0 aliphatic carbocycles. The molecular weight excluding hydrogens is 260 g/mol. The summed E-state index contributed by atoms with van der Waals surface area (Å²) in [5, 5.41) is 18.5. The molecule has 2 atom stereocenters. The lowest BCUT2D eigenvalue weighted by molar-refractivity contribution is -0.152. The molecule has 0 bridgehead atoms. The van der Waals surface area contributed by atoms with Gasteiger partial charge in [-0.1, -0.05) is 39.5 Å². The van der Waals surface area contributed by atoms with Gasteiger partial charge in [0.25, 0.3) is 0 Å². The van der Waals surface area contributed by atoms with E-state index in [2.05, 4.69) is 6.92 Å². The zero-order chi connectivity index (χ0) is 15.4. The van der Waals surface area contributed by atoms with Crippen molar-refractivity contribution in [2.75, 3.05) is 13.2 Å². The maximum Gasteiger partial charge on any atom is 0.306 e. The molecule has 0 rings (SSSR count). The van der Waals surface area contributed by atoms with Gasteiger partial charge < -0.3 is 14.9 Å². The number of hydrogen-bond donors (Lipinski definition) is 2. The monoisotopic (exact) mass is 288 g/mol. The molecule has 0 saturated heterocycles. The smallest absolute Gasteiger partial charge is 0.306 e. The number of carboxylic acids is 1. The fourth-order valence-corrected chi connectivity index (χ4v) is 2.07. The summed E-state index contributed by atoms with van der Waals surface area (Å²) in [6.07, 6.45) is 5.36. The maximum absolute atomic E-state index is 11.5. The molecule has 2 N–H and O–H groups in total. The number of unbranched alkanes of at least 4 members (excludes halogenated alkanes) is 3. The summed E-state index contributed by atoms with van der Waals surface area (Å²) in [7, 11) is 0. The first-order valence-corrected chi connectivity index (χ1v) is 7.56. The third-order valence-electron chi connectivity index (χ3n) is 3.43. The Morgan fingerprint density at radius 3 is 2.25 bits per heavy atom. The predicted octanol–water partition coefficient (Wildman–Crippen LogP) is 2.61. The summed E-state index contributed by atoms with van der Waals surface area (Å²) in [5.74, 6) is -2.41. The topological polar surface area (TPSA) is 83.8 Å². The standard InChI is InChI=1S/C15H28O5/c1-3-5-7-9-14(17)20-11-12(10-16)13(15(18)19)8-6-4-2/h12-13,16H,3-11H2,1-2H3,(H,18,19). The Kier molecular flexibility index (Phi) is 11.1. The molecule has 118 valence electrons. The highest BCUT2D eigenvalue weighted by atomic mass is 16.5. The van der Waals surface area contributed by atoms with E-state index in [1.807, 2.05) is 6.92 Å². The number of carbonyl (C=O) groups is 2. The Morgan fingerprint density at radius 1 is 1.10 bits per heavy atom. The van der Waals surface area contributed by atoms with Crippen molar-refractivity contribution in [1.29, 1.82) is 0 Å². The summed E-state index contributed by atoms with van der Waals surface area (Å²) in [4.78, 5) is 22.7. The van der Waals surface area contributed by atoms with Crippen LogP contribution in [0.5, 0.6) is 0 Å². The Hall–Kier alpha value is -1.10. The van der Waals surface area contributed by atoms with Crippen molar-refractivity contribution in [3.8, 4) is 0 Å². The molecule has 20 heavy (non-hydrogen) atoms. The van der Waals surface area contributed by atoms with Gasteiger partial charge in [-0.2, -0.15) is 0 Å². The maximum atomic E-state index is 11.5. The van der Waals surface area contributed by atoms with Gasteiger partial charge in [-0.05, 0) is 12.8 Å². The highest BCUT2D eigenvalue weighted by Crippen LogP contribution is 2.20. The molecule has 0 aromatic carbocycles. The number of rotatable bonds is 12. The summed E-state index contributed by atoms with van der Waals surface area (Å²) >= 11 is 0. The fraction of sp³-hybridized carbons (Fsp3) is 0.867. The first-order chi connectivity index (χ1) is 9.56. The van der Waals surface area contributed by atoms with Crippen LogP contribution in [0.2, 0.25) is 0 Å². The SMILES string of the molecule is CCCCCC(=O)OCC(CO)C(CCCC)C(=O)O. The second-order valence-electron chi connectivity index (χ2n) is 5.17. The number of carbonyl (C=O) groups excluding carboxylic acids is 1. The molecule has 0 fully saturated rings. The second-order valence-corrected chi connectivity index (χ2v) is 5.17. The van der Waals surface area contributed by atoms with Gasteiger partial charge in [-0.3, -0.25) is 9.59 Å². The molecule has 0 amide bonds. The molecule has 0 spiro atoms. The molecule has 0 heterocycles. The van der Waals surface area contributed by atoms with Gasteiger partial charge in [0.2, 0.25) is 0 Å². The average molecular weight is 288 g/mol. The molecule has 0 aliphatic heterocycles. The average Bonchev–Trinajstić information content (AvgIpc) is 2.42. The Bertz CT molecular complexity index is 277. The summed E-state index contributed by atoms with van der Waals surface area (Å²) in [6, 6.07) is 0. The van der Waals surface area contributed by atoms with Crippen LogP contribution in [-0.2, 0) is 14.3 Å². The van der Waals surface area contributed by atoms with E-state index in [4.69, 9.17) is 4.74 Å². The van der Waals surface area contributed by atoms with E-state index in [0.717, 1.165) is 32.1 Å². The van der Waals surface area contributed by atoms with Crippen LogP contribution < -0.4 is 0 Å². The minimum Gasteiger partial charge on any atom is -0.481 e. The van der Waals surface area contributed by atoms with Crippen molar-refractivity contribution in [2.45, 2.75) is 58.8 Å². The molecule has 5 nitrogen and oxygen atoms in total. The minimum atomic E-state index is -0.931. The third-order valence-corrected chi connectivity index (χ3v) is 3.43. The zero-order valence-electron chi connectivity index (χ0n) is 12.6. The number of aliphatic carboxylic acids is 1. The minimum absolute atomic E-state index is 0.0118. The largest absolute Gasteiger partial charge is 0.481 e. The van der Waals surface area contributed by atoms with Crippen LogP contribution in [0.1, 0.15) is 58.8 Å². The normalized spacial score (nSPS) is 13.8. The number of aliphatic hydroxyl groups is 1. The number of carboxylic acid groups (broad SMARTS) is 1. The predicted molar refractivity (Wildman–Crippen MR) is 76.3 cm³/mol. The van der Waals surface area contributed by atoms with Crippen LogP contribution in [0.15, 0.2) is 0 Å². The summed E-state index contributed by atoms with van der Waals surface area (Å²) < 4.78 is 5.09. The molecule has 0 aromatic rings. The Balaban J connectivity index is 4.21. The van der Waals surface area contributed by atoms with E-state index < -0.39 is 17.8 Å². The number of hydrogen-bond acceptors (Lipinski definition) is 4. The first kappa shape index (κ1) is 18.9. The van der Waals surface area contributed by atoms with E-state index in [1.165, 1.54) is 0 Å². The van der Waals surface area contributed by atoms with E-state index in [1.54, 1.807) is 0 Å². The quantitative estimate of drug-likeness (QED) is 0.426. The van der Waals surface area contributed by atoms with Crippen molar-refractivity contribution in [1.82, 2.24) is 0 Å². The van der Waals surface area contributed by atoms with Crippen LogP contribution in [0, 0.1) is 11.8 Å². The van der Waals surface area contributed by atoms with Gasteiger partial charge in [0.1, 0.15) is 0 Å². The van der Waals surface area contributed by atoms with Crippen molar-refractivity contribution < 1.29 is 24.5 Å². The highest BCUT2D eigenvalue weighted by Gasteiger charge is 2.28. The van der Waals surface area contributed by atoms with Gasteiger partial charge in [-0.25, -0.2) is 0 Å². The van der Waals surface area contributed by atoms with Crippen LogP contribution in [0.25, 0.3) is 0 Å². The highest BCUT2D eigenvalue weighted by molar-refractivity contribution is 5.71. The van der Waals surface area contributed by atoms with Crippen molar-refractivity contribution in [3.05, 3.63) is 0 Å². The van der Waals surface area contributed by atoms with Crippen LogP contribution in [0.3, 0.4) is 0 Å². The van der Waals surface area contributed by atoms with E-state index in [9.17, 15) is 19.8 Å². The van der Waals surface area contributed by atoms with Crippen LogP contribution >= 0.6 is 0 Å². The molecule has 0 aromatic heterocycles. The lowest BCUT2D eigenvalue weighted by Gasteiger charge is -2.21. The second kappa shape index (κ2) is 11.7. The molecule has 2 unspecified atom stereocenters. The molecule has 5 heteroatoms. The van der Waals surface area contributed by atoms with Gasteiger partial charge >= 0.3 is 11.9 Å². The molecule has 0 saturated carbocycles. The number of esters is 1. The summed E-state index contributed by atoms with van der Waals surface area (Å²) in [5.41, 5.74) is 0. The van der Waals surface area contributed by atoms with Gasteiger partial charge in [0, 0.05) is 18.9 Å². The van der Waals surface area contributed by atoms with Crippen LogP contribution in [0.4, 0.5) is 0 Å². The lowest BCUT2D eigenvalue weighted by Crippen LogP contribution is -2.31. The van der Waals surface area contributed by atoms with E-state index in [-0.39, 0.29) is 19.2 Å². The van der Waals surface area contributed by atoms with Gasteiger partial charge in [-0.15, -0.1) is 0 Å². The molecule has 0 radical (unpaired) electrons. The Labute approximate surface area is 121 Å². The zero-order valence-corrected chi connectivity index (χ0v) is 12.6. The molecule has 0 aliphatic rings.